The second-order valence-corrected chi connectivity index (χ2v) is 6.10. The number of fused-ring (bicyclic) bond motifs is 3. The summed E-state index contributed by atoms with van der Waals surface area (Å²) in [5, 5.41) is 2.93. The zero-order valence-electron chi connectivity index (χ0n) is 9.60. The Hall–Kier alpha value is -1.36. The molecule has 0 bridgehead atoms. The Morgan fingerprint density at radius 1 is 1.47 bits per heavy atom. The van der Waals surface area contributed by atoms with E-state index >= 15 is 0 Å². The second-order valence-electron chi connectivity index (χ2n) is 4.48. The van der Waals surface area contributed by atoms with Crippen LogP contribution in [0.5, 0.6) is 0 Å². The second kappa shape index (κ2) is 3.84. The molecular weight excluding hydrogens is 236 g/mol. The molecule has 17 heavy (non-hydrogen) atoms. The van der Waals surface area contributed by atoms with Gasteiger partial charge >= 0.3 is 0 Å². The van der Waals surface area contributed by atoms with Crippen molar-refractivity contribution in [3.05, 3.63) is 23.8 Å². The molecule has 0 radical (unpaired) electrons. The molecule has 2 atom stereocenters. The quantitative estimate of drug-likeness (QED) is 0.744. The third kappa shape index (κ3) is 1.65. The van der Waals surface area contributed by atoms with Crippen LogP contribution in [-0.2, 0) is 15.6 Å². The van der Waals surface area contributed by atoms with Gasteiger partial charge in [-0.15, -0.1) is 0 Å². The van der Waals surface area contributed by atoms with Crippen LogP contribution in [0.25, 0.3) is 0 Å². The van der Waals surface area contributed by atoms with E-state index in [1.165, 1.54) is 0 Å². The van der Waals surface area contributed by atoms with Crippen molar-refractivity contribution in [2.75, 3.05) is 28.3 Å². The van der Waals surface area contributed by atoms with Crippen molar-refractivity contribution in [3.63, 3.8) is 0 Å². The standard InChI is InChI=1S/C12H14N2O2S/c1-8-3-2-4-9-11(8)13-12(15)10-7-17(16)6-5-14(9)10/h2-4,10H,5-7H2,1H3,(H,13,15). The maximum Gasteiger partial charge on any atom is 0.248 e. The maximum absolute atomic E-state index is 12.0. The molecule has 2 unspecified atom stereocenters. The van der Waals surface area contributed by atoms with Crippen molar-refractivity contribution in [2.45, 2.75) is 13.0 Å². The van der Waals surface area contributed by atoms with Crippen LogP contribution < -0.4 is 10.2 Å². The van der Waals surface area contributed by atoms with Crippen LogP contribution in [0, 0.1) is 6.92 Å². The minimum atomic E-state index is -0.864. The summed E-state index contributed by atoms with van der Waals surface area (Å²) in [4.78, 5) is 14.1. The summed E-state index contributed by atoms with van der Waals surface area (Å²) < 4.78 is 11.5. The third-order valence-corrected chi connectivity index (χ3v) is 4.72. The predicted octanol–water partition coefficient (Wildman–Crippen LogP) is 0.884. The molecule has 4 nitrogen and oxygen atoms in total. The monoisotopic (exact) mass is 250 g/mol. The summed E-state index contributed by atoms with van der Waals surface area (Å²) in [6.45, 7) is 2.68. The number of carbonyl (C=O) groups is 1. The maximum atomic E-state index is 12.0. The van der Waals surface area contributed by atoms with Crippen LogP contribution in [0.3, 0.4) is 0 Å². The molecule has 2 heterocycles. The van der Waals surface area contributed by atoms with Crippen molar-refractivity contribution >= 4 is 28.1 Å². The van der Waals surface area contributed by atoms with E-state index < -0.39 is 10.8 Å². The number of nitrogens with one attached hydrogen (secondary N) is 1. The van der Waals surface area contributed by atoms with Crippen LogP contribution in [0.15, 0.2) is 18.2 Å². The molecular formula is C12H14N2O2S. The smallest absolute Gasteiger partial charge is 0.248 e. The van der Waals surface area contributed by atoms with Gasteiger partial charge < -0.3 is 10.2 Å². The lowest BCUT2D eigenvalue weighted by molar-refractivity contribution is -0.117. The van der Waals surface area contributed by atoms with Crippen LogP contribution in [-0.4, -0.2) is 34.2 Å². The molecule has 0 aliphatic carbocycles. The molecule has 3 rings (SSSR count). The Kier molecular flexibility index (Phi) is 2.43. The van der Waals surface area contributed by atoms with Gasteiger partial charge in [-0.25, -0.2) is 0 Å². The fourth-order valence-corrected chi connectivity index (χ4v) is 3.72. The van der Waals surface area contributed by atoms with E-state index in [1.807, 2.05) is 25.1 Å². The number of aryl methyl sites for hydroxylation is 1. The molecule has 0 aromatic heterocycles. The molecule has 5 heteroatoms. The van der Waals surface area contributed by atoms with Crippen molar-refractivity contribution in [3.8, 4) is 0 Å². The highest BCUT2D eigenvalue weighted by Gasteiger charge is 2.37. The van der Waals surface area contributed by atoms with Gasteiger partial charge in [0.15, 0.2) is 0 Å². The van der Waals surface area contributed by atoms with Gasteiger partial charge in [-0.3, -0.25) is 9.00 Å². The number of hydrogen-bond donors (Lipinski definition) is 1. The van der Waals surface area contributed by atoms with Gasteiger partial charge in [0.25, 0.3) is 0 Å². The number of hydrogen-bond acceptors (Lipinski definition) is 3. The first-order valence-electron chi connectivity index (χ1n) is 5.69. The largest absolute Gasteiger partial charge is 0.356 e. The van der Waals surface area contributed by atoms with Crippen molar-refractivity contribution in [2.24, 2.45) is 0 Å². The van der Waals surface area contributed by atoms with E-state index in [9.17, 15) is 9.00 Å². The first-order chi connectivity index (χ1) is 8.16. The van der Waals surface area contributed by atoms with Crippen LogP contribution in [0.4, 0.5) is 11.4 Å². The summed E-state index contributed by atoms with van der Waals surface area (Å²) in [6, 6.07) is 5.73. The van der Waals surface area contributed by atoms with E-state index in [1.54, 1.807) is 0 Å². The minimum Gasteiger partial charge on any atom is -0.356 e. The van der Waals surface area contributed by atoms with Gasteiger partial charge in [-0.1, -0.05) is 12.1 Å². The van der Waals surface area contributed by atoms with Gasteiger partial charge in [0.2, 0.25) is 5.91 Å². The van der Waals surface area contributed by atoms with Gasteiger partial charge in [-0.2, -0.15) is 0 Å². The Morgan fingerprint density at radius 3 is 3.12 bits per heavy atom. The molecule has 1 aromatic rings. The van der Waals surface area contributed by atoms with Crippen molar-refractivity contribution in [1.29, 1.82) is 0 Å². The van der Waals surface area contributed by atoms with Gasteiger partial charge in [0, 0.05) is 23.1 Å². The Labute approximate surface area is 102 Å². The number of para-hydroxylation sites is 1. The summed E-state index contributed by atoms with van der Waals surface area (Å²) in [6.07, 6.45) is 0. The average Bonchev–Trinajstić information content (AvgIpc) is 2.31. The molecule has 1 saturated heterocycles. The molecule has 1 aromatic carbocycles. The summed E-state index contributed by atoms with van der Waals surface area (Å²) in [5.74, 6) is 1.07. The summed E-state index contributed by atoms with van der Waals surface area (Å²) in [7, 11) is -0.864. The van der Waals surface area contributed by atoms with Gasteiger partial charge in [0.1, 0.15) is 6.04 Å². The molecule has 90 valence electrons. The fraction of sp³-hybridized carbons (Fsp3) is 0.417. The molecule has 1 N–H and O–H groups in total. The average molecular weight is 250 g/mol. The number of rotatable bonds is 0. The normalized spacial score (nSPS) is 27.1. The number of anilines is 2. The first kappa shape index (κ1) is 10.8. The van der Waals surface area contributed by atoms with Crippen LogP contribution in [0.2, 0.25) is 0 Å². The molecule has 2 aliphatic rings. The van der Waals surface area contributed by atoms with Crippen LogP contribution in [0.1, 0.15) is 5.56 Å². The molecule has 0 saturated carbocycles. The number of amides is 1. The van der Waals surface area contributed by atoms with Crippen LogP contribution >= 0.6 is 0 Å². The first-order valence-corrected chi connectivity index (χ1v) is 7.18. The lowest BCUT2D eigenvalue weighted by atomic mass is 10.1. The zero-order valence-corrected chi connectivity index (χ0v) is 10.4. The number of carbonyl (C=O) groups excluding carboxylic acids is 1. The lowest BCUT2D eigenvalue weighted by Crippen LogP contribution is -2.55. The van der Waals surface area contributed by atoms with E-state index in [4.69, 9.17) is 0 Å². The SMILES string of the molecule is Cc1cccc2c1NC(=O)C1CS(=O)CCN21. The fourth-order valence-electron chi connectivity index (χ4n) is 2.47. The van der Waals surface area contributed by atoms with Crippen molar-refractivity contribution in [1.82, 2.24) is 0 Å². The van der Waals surface area contributed by atoms with E-state index in [2.05, 4.69) is 10.2 Å². The lowest BCUT2D eigenvalue weighted by Gasteiger charge is -2.41. The summed E-state index contributed by atoms with van der Waals surface area (Å²) >= 11 is 0. The topological polar surface area (TPSA) is 49.4 Å². The van der Waals surface area contributed by atoms with Crippen molar-refractivity contribution < 1.29 is 9.00 Å². The van der Waals surface area contributed by atoms with E-state index in [-0.39, 0.29) is 11.9 Å². The number of nitrogens with zero attached hydrogens (tertiary/aromatic N) is 1. The Morgan fingerprint density at radius 2 is 2.29 bits per heavy atom. The minimum absolute atomic E-state index is 0.0279. The molecule has 1 amide bonds. The Bertz CT molecular complexity index is 515. The van der Waals surface area contributed by atoms with Gasteiger partial charge in [0.05, 0.1) is 17.1 Å². The molecule has 1 fully saturated rings. The van der Waals surface area contributed by atoms with E-state index in [0.717, 1.165) is 16.9 Å². The highest BCUT2D eigenvalue weighted by Crippen LogP contribution is 2.35. The summed E-state index contributed by atoms with van der Waals surface area (Å²) in [5.41, 5.74) is 3.04. The number of benzene rings is 1. The predicted molar refractivity (Wildman–Crippen MR) is 68.8 cm³/mol. The third-order valence-electron chi connectivity index (χ3n) is 3.39. The molecule has 0 spiro atoms. The Balaban J connectivity index is 2.08. The van der Waals surface area contributed by atoms with E-state index in [0.29, 0.717) is 18.1 Å². The highest BCUT2D eigenvalue weighted by molar-refractivity contribution is 7.85. The molecule has 2 aliphatic heterocycles. The zero-order chi connectivity index (χ0) is 12.0. The highest BCUT2D eigenvalue weighted by atomic mass is 32.2. The van der Waals surface area contributed by atoms with Gasteiger partial charge in [-0.05, 0) is 18.6 Å².